The molecule has 2 rings (SSSR count). The minimum Gasteiger partial charge on any atom is -0.451 e. The minimum absolute atomic E-state index is 0.317. The van der Waals surface area contributed by atoms with Gasteiger partial charge in [0.25, 0.3) is 0 Å². The molecular weight excluding hydrogens is 298 g/mol. The zero-order valence-electron chi connectivity index (χ0n) is 12.5. The second-order valence-corrected chi connectivity index (χ2v) is 5.66. The van der Waals surface area contributed by atoms with Crippen LogP contribution in [0.3, 0.4) is 0 Å². The number of rotatable bonds is 8. The molecule has 0 N–H and O–H groups in total. The average molecular weight is 320 g/mol. The number of hydrogen-bond acceptors (Lipinski definition) is 6. The van der Waals surface area contributed by atoms with Crippen LogP contribution in [0.15, 0.2) is 0 Å². The Bertz CT molecular complexity index is 349. The molecule has 2 aliphatic rings. The van der Waals surface area contributed by atoms with Crippen molar-refractivity contribution in [1.82, 2.24) is 9.80 Å². The number of ether oxygens (including phenoxy) is 2. The van der Waals surface area contributed by atoms with Crippen LogP contribution in [0.5, 0.6) is 0 Å². The molecule has 0 spiro atoms. The lowest BCUT2D eigenvalue weighted by Crippen LogP contribution is -2.55. The number of nitrogens with zero attached hydrogens (tertiary/aromatic N) is 2. The van der Waals surface area contributed by atoms with E-state index in [2.05, 4.69) is 0 Å². The molecule has 0 saturated carbocycles. The van der Waals surface area contributed by atoms with Gasteiger partial charge in [-0.3, -0.25) is 18.6 Å². The highest BCUT2D eigenvalue weighted by Crippen LogP contribution is 2.15. The Labute approximate surface area is 128 Å². The van der Waals surface area contributed by atoms with Crippen LogP contribution in [-0.4, -0.2) is 86.6 Å². The van der Waals surface area contributed by atoms with E-state index in [4.69, 9.17) is 9.47 Å². The number of carbonyl (C=O) groups excluding carboxylic acids is 2. The van der Waals surface area contributed by atoms with Gasteiger partial charge in [-0.2, -0.15) is 0 Å². The van der Waals surface area contributed by atoms with Gasteiger partial charge >= 0.3 is 11.9 Å². The fourth-order valence-corrected chi connectivity index (χ4v) is 2.52. The normalized spacial score (nSPS) is 20.3. The van der Waals surface area contributed by atoms with Gasteiger partial charge in [0.15, 0.2) is 0 Å². The van der Waals surface area contributed by atoms with E-state index >= 15 is 0 Å². The fourth-order valence-electron chi connectivity index (χ4n) is 2.52. The Morgan fingerprint density at radius 2 is 1.18 bits per heavy atom. The maximum absolute atomic E-state index is 12.0. The third kappa shape index (κ3) is 4.88. The molecule has 0 bridgehead atoms. The van der Waals surface area contributed by atoms with Crippen molar-refractivity contribution >= 4 is 11.9 Å². The minimum atomic E-state index is -0.975. The largest absolute Gasteiger partial charge is 0.451 e. The first kappa shape index (κ1) is 17.1. The number of halogens is 2. The van der Waals surface area contributed by atoms with E-state index in [-0.39, 0.29) is 25.6 Å². The second kappa shape index (κ2) is 8.38. The van der Waals surface area contributed by atoms with E-state index < -0.39 is 11.9 Å². The first-order chi connectivity index (χ1) is 10.6. The van der Waals surface area contributed by atoms with E-state index in [9.17, 15) is 18.4 Å². The highest BCUT2D eigenvalue weighted by Gasteiger charge is 2.35. The Kier molecular flexibility index (Phi) is 6.50. The highest BCUT2D eigenvalue weighted by molar-refractivity contribution is 6.29. The van der Waals surface area contributed by atoms with Gasteiger partial charge in [0.1, 0.15) is 12.2 Å². The Morgan fingerprint density at radius 1 is 0.818 bits per heavy atom. The summed E-state index contributed by atoms with van der Waals surface area (Å²) in [4.78, 5) is 27.0. The number of hydrogen-bond donors (Lipinski definition) is 0. The van der Waals surface area contributed by atoms with Crippen LogP contribution in [0.4, 0.5) is 8.78 Å². The van der Waals surface area contributed by atoms with Crippen molar-refractivity contribution in [2.45, 2.75) is 25.0 Å². The van der Waals surface area contributed by atoms with Crippen LogP contribution in [0, 0.1) is 0 Å². The van der Waals surface area contributed by atoms with Crippen LogP contribution in [0.25, 0.3) is 0 Å². The van der Waals surface area contributed by atoms with Crippen LogP contribution >= 0.6 is 0 Å². The van der Waals surface area contributed by atoms with E-state index in [1.54, 1.807) is 0 Å². The molecule has 2 fully saturated rings. The van der Waals surface area contributed by atoms with Crippen molar-refractivity contribution in [1.29, 1.82) is 0 Å². The molecule has 0 radical (unpaired) electrons. The zero-order valence-corrected chi connectivity index (χ0v) is 12.5. The molecule has 2 saturated heterocycles. The molecular formula is C14H22F2N2O4. The number of esters is 2. The lowest BCUT2D eigenvalue weighted by molar-refractivity contribution is -0.182. The van der Waals surface area contributed by atoms with Crippen LogP contribution in [0.2, 0.25) is 0 Å². The molecule has 2 aliphatic heterocycles. The molecule has 0 atom stereocenters. The van der Waals surface area contributed by atoms with Crippen LogP contribution in [0.1, 0.15) is 12.8 Å². The number of alkyl halides is 2. The lowest BCUT2D eigenvalue weighted by Gasteiger charge is -2.39. The third-order valence-electron chi connectivity index (χ3n) is 3.78. The molecule has 0 amide bonds. The highest BCUT2D eigenvalue weighted by atomic mass is 19.1. The van der Waals surface area contributed by atoms with E-state index in [1.165, 1.54) is 0 Å². The number of carbonyl (C=O) groups is 2. The topological polar surface area (TPSA) is 59.1 Å². The molecule has 126 valence electrons. The summed E-state index contributed by atoms with van der Waals surface area (Å²) < 4.78 is 34.0. The Morgan fingerprint density at radius 3 is 1.50 bits per heavy atom. The predicted molar refractivity (Wildman–Crippen MR) is 73.8 cm³/mol. The smallest absolute Gasteiger partial charge is 0.417 e. The summed E-state index contributed by atoms with van der Waals surface area (Å²) >= 11 is 0. The van der Waals surface area contributed by atoms with Gasteiger partial charge in [0, 0.05) is 39.3 Å². The molecule has 2 heterocycles. The molecule has 0 aromatic rings. The van der Waals surface area contributed by atoms with Gasteiger partial charge in [-0.05, 0) is 12.8 Å². The van der Waals surface area contributed by atoms with Crippen LogP contribution in [-0.2, 0) is 19.1 Å². The van der Waals surface area contributed by atoms with E-state index in [1.807, 2.05) is 9.80 Å². The maximum Gasteiger partial charge on any atom is 0.417 e. The summed E-state index contributed by atoms with van der Waals surface area (Å²) in [5.74, 6) is -1.95. The quantitative estimate of drug-likeness (QED) is 0.469. The van der Waals surface area contributed by atoms with Gasteiger partial charge in [-0.25, -0.2) is 9.59 Å². The van der Waals surface area contributed by atoms with Gasteiger partial charge in [0.2, 0.25) is 0 Å². The predicted octanol–water partition coefficient (Wildman–Crippen LogP) is 0.160. The van der Waals surface area contributed by atoms with Gasteiger partial charge in [0.05, 0.1) is 13.3 Å². The van der Waals surface area contributed by atoms with Gasteiger partial charge < -0.3 is 9.47 Å². The first-order valence-electron chi connectivity index (χ1n) is 7.60. The van der Waals surface area contributed by atoms with Crippen molar-refractivity contribution < 1.29 is 27.8 Å². The van der Waals surface area contributed by atoms with Crippen molar-refractivity contribution in [3.05, 3.63) is 0 Å². The van der Waals surface area contributed by atoms with Gasteiger partial charge in [-0.15, -0.1) is 0 Å². The van der Waals surface area contributed by atoms with E-state index in [0.29, 0.717) is 52.1 Å². The zero-order chi connectivity index (χ0) is 15.9. The SMILES string of the molecule is O=C(OC1CN(CCCF)C1)C(=O)OC1CN(CCCF)C1. The number of likely N-dealkylation sites (tertiary alicyclic amines) is 2. The lowest BCUT2D eigenvalue weighted by atomic mass is 10.1. The molecule has 6 nitrogen and oxygen atoms in total. The molecule has 22 heavy (non-hydrogen) atoms. The summed E-state index contributed by atoms with van der Waals surface area (Å²) in [5.41, 5.74) is 0. The summed E-state index contributed by atoms with van der Waals surface area (Å²) in [6.07, 6.45) is 0.288. The van der Waals surface area contributed by atoms with Gasteiger partial charge in [-0.1, -0.05) is 0 Å². The summed E-state index contributed by atoms with van der Waals surface area (Å²) in [6, 6.07) is 0. The maximum atomic E-state index is 12.0. The molecule has 0 unspecified atom stereocenters. The van der Waals surface area contributed by atoms with Crippen LogP contribution < -0.4 is 0 Å². The molecule has 0 aromatic carbocycles. The average Bonchev–Trinajstić information content (AvgIpc) is 2.42. The first-order valence-corrected chi connectivity index (χ1v) is 7.60. The fraction of sp³-hybridized carbons (Fsp3) is 0.857. The Hall–Kier alpha value is -1.28. The van der Waals surface area contributed by atoms with Crippen molar-refractivity contribution in [2.75, 3.05) is 52.6 Å². The third-order valence-corrected chi connectivity index (χ3v) is 3.78. The van der Waals surface area contributed by atoms with Crippen molar-refractivity contribution in [3.8, 4) is 0 Å². The Balaban J connectivity index is 1.54. The van der Waals surface area contributed by atoms with E-state index in [0.717, 1.165) is 0 Å². The molecule has 0 aromatic heterocycles. The molecule has 0 aliphatic carbocycles. The van der Waals surface area contributed by atoms with Crippen molar-refractivity contribution in [2.24, 2.45) is 0 Å². The standard InChI is InChI=1S/C14H22F2N2O4/c15-3-1-5-17-7-11(8-17)21-13(19)14(20)22-12-9-18(10-12)6-2-4-16/h11-12H,1-10H2. The van der Waals surface area contributed by atoms with Crippen molar-refractivity contribution in [3.63, 3.8) is 0 Å². The molecule has 8 heteroatoms. The summed E-state index contributed by atoms with van der Waals surface area (Å²) in [7, 11) is 0. The monoisotopic (exact) mass is 320 g/mol. The summed E-state index contributed by atoms with van der Waals surface area (Å²) in [6.45, 7) is 2.64. The second-order valence-electron chi connectivity index (χ2n) is 5.66. The summed E-state index contributed by atoms with van der Waals surface area (Å²) in [5, 5.41) is 0.